The number of halogens is 2. The monoisotopic (exact) mass is 229 g/mol. The molecule has 0 aliphatic carbocycles. The molecular formula is C11H13F2NO2. The van der Waals surface area contributed by atoms with Crippen LogP contribution in [-0.2, 0) is 6.54 Å². The number of phenolic OH excluding ortho intramolecular Hbond substituents is 1. The van der Waals surface area contributed by atoms with Gasteiger partial charge in [-0.15, -0.1) is 0 Å². The Morgan fingerprint density at radius 3 is 2.62 bits per heavy atom. The van der Waals surface area contributed by atoms with Gasteiger partial charge in [-0.3, -0.25) is 4.90 Å². The van der Waals surface area contributed by atoms with E-state index in [1.165, 1.54) is 0 Å². The van der Waals surface area contributed by atoms with Gasteiger partial charge in [0.1, 0.15) is 5.75 Å². The predicted molar refractivity (Wildman–Crippen MR) is 54.3 cm³/mol. The van der Waals surface area contributed by atoms with Crippen molar-refractivity contribution in [3.63, 3.8) is 0 Å². The zero-order chi connectivity index (χ0) is 11.8. The van der Waals surface area contributed by atoms with Crippen molar-refractivity contribution in [2.24, 2.45) is 0 Å². The molecule has 0 amide bonds. The first-order chi connectivity index (χ1) is 7.49. The van der Waals surface area contributed by atoms with Gasteiger partial charge in [-0.25, -0.2) is 8.78 Å². The van der Waals surface area contributed by atoms with Crippen molar-refractivity contribution < 1.29 is 19.0 Å². The summed E-state index contributed by atoms with van der Waals surface area (Å²) >= 11 is 0. The maximum absolute atomic E-state index is 12.3. The van der Waals surface area contributed by atoms with Crippen LogP contribution in [0.4, 0.5) is 8.78 Å². The molecule has 1 fully saturated rings. The Hall–Kier alpha value is -1.20. The fourth-order valence-electron chi connectivity index (χ4n) is 1.89. The number of β-amino-alcohol motifs (C(OH)–C–C–N with tert-alkyl or cyclic N) is 1. The van der Waals surface area contributed by atoms with Crippen molar-refractivity contribution in [2.45, 2.75) is 18.6 Å². The number of alkyl halides is 2. The highest BCUT2D eigenvalue weighted by atomic mass is 19.3. The van der Waals surface area contributed by atoms with Gasteiger partial charge in [-0.05, 0) is 17.7 Å². The van der Waals surface area contributed by atoms with Crippen LogP contribution in [0.1, 0.15) is 5.56 Å². The molecule has 0 atom stereocenters. The van der Waals surface area contributed by atoms with E-state index in [1.54, 1.807) is 29.2 Å². The first-order valence-corrected chi connectivity index (χ1v) is 5.00. The van der Waals surface area contributed by atoms with Crippen molar-refractivity contribution in [1.29, 1.82) is 0 Å². The van der Waals surface area contributed by atoms with Crippen LogP contribution in [0.25, 0.3) is 0 Å². The Labute approximate surface area is 91.9 Å². The van der Waals surface area contributed by atoms with E-state index in [1.807, 2.05) is 0 Å². The molecule has 88 valence electrons. The average Bonchev–Trinajstić information content (AvgIpc) is 2.14. The molecule has 0 radical (unpaired) electrons. The second-order valence-electron chi connectivity index (χ2n) is 4.22. The van der Waals surface area contributed by atoms with E-state index < -0.39 is 12.0 Å². The topological polar surface area (TPSA) is 43.7 Å². The third kappa shape index (κ3) is 2.15. The van der Waals surface area contributed by atoms with Gasteiger partial charge < -0.3 is 10.2 Å². The minimum absolute atomic E-state index is 0.0275. The summed E-state index contributed by atoms with van der Waals surface area (Å²) in [7, 11) is 0. The zero-order valence-corrected chi connectivity index (χ0v) is 8.61. The summed E-state index contributed by atoms with van der Waals surface area (Å²) in [5.74, 6) is 0.155. The van der Waals surface area contributed by atoms with E-state index in [0.717, 1.165) is 5.56 Å². The summed E-state index contributed by atoms with van der Waals surface area (Å²) < 4.78 is 24.6. The lowest BCUT2D eigenvalue weighted by Gasteiger charge is -2.45. The molecule has 0 bridgehead atoms. The van der Waals surface area contributed by atoms with E-state index in [9.17, 15) is 19.0 Å². The number of rotatable bonds is 3. The Kier molecular flexibility index (Phi) is 2.82. The summed E-state index contributed by atoms with van der Waals surface area (Å²) in [4.78, 5) is 1.71. The number of hydrogen-bond acceptors (Lipinski definition) is 3. The number of likely N-dealkylation sites (tertiary alicyclic amines) is 1. The first kappa shape index (κ1) is 11.3. The second-order valence-corrected chi connectivity index (χ2v) is 4.22. The molecule has 2 rings (SSSR count). The molecule has 0 unspecified atom stereocenters. The number of nitrogens with zero attached hydrogens (tertiary/aromatic N) is 1. The van der Waals surface area contributed by atoms with Gasteiger partial charge in [0.05, 0.1) is 0 Å². The zero-order valence-electron chi connectivity index (χ0n) is 8.61. The molecule has 1 aliphatic heterocycles. The lowest BCUT2D eigenvalue weighted by atomic mass is 9.94. The minimum Gasteiger partial charge on any atom is -0.508 e. The van der Waals surface area contributed by atoms with Crippen LogP contribution >= 0.6 is 0 Å². The maximum atomic E-state index is 12.3. The Morgan fingerprint density at radius 2 is 2.06 bits per heavy atom. The molecule has 1 saturated heterocycles. The van der Waals surface area contributed by atoms with Crippen molar-refractivity contribution >= 4 is 0 Å². The van der Waals surface area contributed by atoms with Crippen molar-refractivity contribution in [3.05, 3.63) is 29.8 Å². The van der Waals surface area contributed by atoms with Crippen LogP contribution in [-0.4, -0.2) is 40.2 Å². The number of benzene rings is 1. The van der Waals surface area contributed by atoms with Crippen LogP contribution in [0.2, 0.25) is 0 Å². The fraction of sp³-hybridized carbons (Fsp3) is 0.455. The molecular weight excluding hydrogens is 216 g/mol. The molecule has 5 heteroatoms. The highest BCUT2D eigenvalue weighted by molar-refractivity contribution is 5.27. The summed E-state index contributed by atoms with van der Waals surface area (Å²) in [5, 5.41) is 18.6. The number of phenols is 1. The van der Waals surface area contributed by atoms with E-state index in [2.05, 4.69) is 0 Å². The average molecular weight is 229 g/mol. The smallest absolute Gasteiger partial charge is 0.269 e. The van der Waals surface area contributed by atoms with Gasteiger partial charge >= 0.3 is 0 Å². The largest absolute Gasteiger partial charge is 0.508 e. The van der Waals surface area contributed by atoms with Gasteiger partial charge in [0, 0.05) is 19.6 Å². The standard InChI is InChI=1S/C11H13F2NO2/c12-10(13)11(16)6-14(7-11)5-8-2-1-3-9(15)4-8/h1-4,10,15-16H,5-7H2. The van der Waals surface area contributed by atoms with Crippen molar-refractivity contribution in [3.8, 4) is 5.75 Å². The van der Waals surface area contributed by atoms with Crippen LogP contribution in [0.3, 0.4) is 0 Å². The quantitative estimate of drug-likeness (QED) is 0.818. The van der Waals surface area contributed by atoms with E-state index in [-0.39, 0.29) is 18.8 Å². The maximum Gasteiger partial charge on any atom is 0.269 e. The fourth-order valence-corrected chi connectivity index (χ4v) is 1.89. The number of aliphatic hydroxyl groups is 1. The highest BCUT2D eigenvalue weighted by Crippen LogP contribution is 2.29. The van der Waals surface area contributed by atoms with Crippen LogP contribution in [0.15, 0.2) is 24.3 Å². The van der Waals surface area contributed by atoms with Gasteiger partial charge in [-0.1, -0.05) is 12.1 Å². The van der Waals surface area contributed by atoms with Gasteiger partial charge in [0.15, 0.2) is 5.60 Å². The summed E-state index contributed by atoms with van der Waals surface area (Å²) in [5.41, 5.74) is -1.01. The second kappa shape index (κ2) is 3.99. The van der Waals surface area contributed by atoms with Crippen molar-refractivity contribution in [2.75, 3.05) is 13.1 Å². The molecule has 2 N–H and O–H groups in total. The highest BCUT2D eigenvalue weighted by Gasteiger charge is 2.48. The van der Waals surface area contributed by atoms with E-state index in [4.69, 9.17) is 0 Å². The molecule has 16 heavy (non-hydrogen) atoms. The number of hydrogen-bond donors (Lipinski definition) is 2. The molecule has 0 aromatic heterocycles. The molecule has 1 aromatic rings. The van der Waals surface area contributed by atoms with Crippen LogP contribution < -0.4 is 0 Å². The summed E-state index contributed by atoms with van der Waals surface area (Å²) in [6.45, 7) is 0.407. The first-order valence-electron chi connectivity index (χ1n) is 5.00. The number of aromatic hydroxyl groups is 1. The van der Waals surface area contributed by atoms with Crippen molar-refractivity contribution in [1.82, 2.24) is 4.90 Å². The lowest BCUT2D eigenvalue weighted by Crippen LogP contribution is -2.65. The SMILES string of the molecule is Oc1cccc(CN2CC(O)(C(F)F)C2)c1. The van der Waals surface area contributed by atoms with Gasteiger partial charge in [0.25, 0.3) is 6.43 Å². The summed E-state index contributed by atoms with van der Waals surface area (Å²) in [6.07, 6.45) is -2.70. The molecule has 0 spiro atoms. The molecule has 0 saturated carbocycles. The third-order valence-electron chi connectivity index (χ3n) is 2.72. The molecule has 1 heterocycles. The van der Waals surface area contributed by atoms with E-state index >= 15 is 0 Å². The minimum atomic E-state index is -2.70. The van der Waals surface area contributed by atoms with Crippen LogP contribution in [0.5, 0.6) is 5.75 Å². The van der Waals surface area contributed by atoms with Crippen LogP contribution in [0, 0.1) is 0 Å². The Bertz CT molecular complexity index is 378. The van der Waals surface area contributed by atoms with Gasteiger partial charge in [0.2, 0.25) is 0 Å². The summed E-state index contributed by atoms with van der Waals surface area (Å²) in [6, 6.07) is 6.64. The third-order valence-corrected chi connectivity index (χ3v) is 2.72. The lowest BCUT2D eigenvalue weighted by molar-refractivity contribution is -0.181. The Balaban J connectivity index is 1.90. The normalized spacial score (nSPS) is 19.8. The molecule has 1 aromatic carbocycles. The van der Waals surface area contributed by atoms with E-state index in [0.29, 0.717) is 6.54 Å². The molecule has 3 nitrogen and oxygen atoms in total. The van der Waals surface area contributed by atoms with Gasteiger partial charge in [-0.2, -0.15) is 0 Å². The Morgan fingerprint density at radius 1 is 1.38 bits per heavy atom. The predicted octanol–water partition coefficient (Wildman–Crippen LogP) is 1.20. The molecule has 1 aliphatic rings.